The molecule has 1 aromatic carbocycles. The van der Waals surface area contributed by atoms with Gasteiger partial charge < -0.3 is 10.4 Å². The Morgan fingerprint density at radius 1 is 1.29 bits per heavy atom. The lowest BCUT2D eigenvalue weighted by atomic mass is 9.86. The summed E-state index contributed by atoms with van der Waals surface area (Å²) in [7, 11) is 0. The fourth-order valence-corrected chi connectivity index (χ4v) is 2.36. The van der Waals surface area contributed by atoms with E-state index in [0.29, 0.717) is 13.0 Å². The van der Waals surface area contributed by atoms with E-state index >= 15 is 0 Å². The molecule has 0 saturated heterocycles. The molecule has 2 N–H and O–H groups in total. The van der Waals surface area contributed by atoms with Crippen molar-refractivity contribution in [3.63, 3.8) is 0 Å². The molecular weight excluding hydrogens is 262 g/mol. The van der Waals surface area contributed by atoms with E-state index in [0.717, 1.165) is 17.9 Å². The fraction of sp³-hybridized carbons (Fsp3) is 0.611. The molecular formula is C18H27NO2. The van der Waals surface area contributed by atoms with E-state index in [2.05, 4.69) is 26.1 Å². The van der Waals surface area contributed by atoms with Gasteiger partial charge in [0.05, 0.1) is 6.10 Å². The minimum Gasteiger partial charge on any atom is -0.387 e. The van der Waals surface area contributed by atoms with E-state index in [1.165, 1.54) is 18.4 Å². The highest BCUT2D eigenvalue weighted by molar-refractivity contribution is 5.75. The summed E-state index contributed by atoms with van der Waals surface area (Å²) in [4.78, 5) is 11.7. The topological polar surface area (TPSA) is 49.3 Å². The number of amides is 1. The second-order valence-electron chi connectivity index (χ2n) is 7.17. The van der Waals surface area contributed by atoms with Gasteiger partial charge in [-0.05, 0) is 28.9 Å². The van der Waals surface area contributed by atoms with Gasteiger partial charge in [0, 0.05) is 13.0 Å². The maximum Gasteiger partial charge on any atom is 0.220 e. The normalized spacial score (nSPS) is 16.6. The van der Waals surface area contributed by atoms with Gasteiger partial charge in [0.25, 0.3) is 0 Å². The number of aliphatic hydroxyl groups is 1. The highest BCUT2D eigenvalue weighted by Crippen LogP contribution is 2.33. The zero-order chi connectivity index (χ0) is 15.5. The molecule has 0 radical (unpaired) electrons. The van der Waals surface area contributed by atoms with Gasteiger partial charge in [-0.25, -0.2) is 0 Å². The van der Waals surface area contributed by atoms with E-state index in [1.807, 2.05) is 24.3 Å². The first kappa shape index (κ1) is 16.0. The molecule has 1 aromatic rings. The molecule has 1 aliphatic carbocycles. The number of benzene rings is 1. The predicted molar refractivity (Wildman–Crippen MR) is 85.1 cm³/mol. The lowest BCUT2D eigenvalue weighted by Crippen LogP contribution is -2.28. The van der Waals surface area contributed by atoms with Crippen molar-refractivity contribution in [2.75, 3.05) is 6.54 Å². The summed E-state index contributed by atoms with van der Waals surface area (Å²) in [6, 6.07) is 7.99. The van der Waals surface area contributed by atoms with E-state index in [9.17, 15) is 9.90 Å². The standard InChI is InChI=1S/C18H27NO2/c1-18(2,3)15-9-7-14(8-10-15)16(20)12-19-17(21)11-6-13-4-5-13/h7-10,13,16,20H,4-6,11-12H2,1-3H3,(H,19,21). The van der Waals surface area contributed by atoms with Crippen LogP contribution in [0.15, 0.2) is 24.3 Å². The molecule has 0 aromatic heterocycles. The third kappa shape index (κ3) is 5.16. The summed E-state index contributed by atoms with van der Waals surface area (Å²) in [6.45, 7) is 6.79. The van der Waals surface area contributed by atoms with Crippen molar-refractivity contribution in [1.82, 2.24) is 5.32 Å². The molecule has 0 spiro atoms. The van der Waals surface area contributed by atoms with Crippen LogP contribution in [0.2, 0.25) is 0 Å². The maximum atomic E-state index is 11.7. The average Bonchev–Trinajstić information content (AvgIpc) is 3.26. The number of hydrogen-bond donors (Lipinski definition) is 2. The Kier molecular flexibility index (Phi) is 5.04. The Hall–Kier alpha value is -1.35. The van der Waals surface area contributed by atoms with Crippen LogP contribution >= 0.6 is 0 Å². The second-order valence-corrected chi connectivity index (χ2v) is 7.17. The zero-order valence-electron chi connectivity index (χ0n) is 13.4. The van der Waals surface area contributed by atoms with Gasteiger partial charge in [0.1, 0.15) is 0 Å². The molecule has 1 atom stereocenters. The first-order valence-corrected chi connectivity index (χ1v) is 7.91. The van der Waals surface area contributed by atoms with Gasteiger partial charge in [0.15, 0.2) is 0 Å². The maximum absolute atomic E-state index is 11.7. The fourth-order valence-electron chi connectivity index (χ4n) is 2.36. The van der Waals surface area contributed by atoms with Crippen LogP contribution < -0.4 is 5.32 Å². The summed E-state index contributed by atoms with van der Waals surface area (Å²) < 4.78 is 0. The minimum atomic E-state index is -0.635. The zero-order valence-corrected chi connectivity index (χ0v) is 13.4. The molecule has 3 nitrogen and oxygen atoms in total. The molecule has 1 unspecified atom stereocenters. The Morgan fingerprint density at radius 2 is 1.90 bits per heavy atom. The molecule has 116 valence electrons. The van der Waals surface area contributed by atoms with Crippen molar-refractivity contribution in [3.8, 4) is 0 Å². The quantitative estimate of drug-likeness (QED) is 0.844. The summed E-state index contributed by atoms with van der Waals surface area (Å²) in [5, 5.41) is 13.0. The van der Waals surface area contributed by atoms with Crippen LogP contribution in [0.3, 0.4) is 0 Å². The second kappa shape index (κ2) is 6.61. The van der Waals surface area contributed by atoms with Gasteiger partial charge in [-0.1, -0.05) is 57.9 Å². The van der Waals surface area contributed by atoms with Gasteiger partial charge >= 0.3 is 0 Å². The molecule has 0 aliphatic heterocycles. The highest BCUT2D eigenvalue weighted by atomic mass is 16.3. The number of rotatable bonds is 6. The van der Waals surface area contributed by atoms with Crippen molar-refractivity contribution in [1.29, 1.82) is 0 Å². The minimum absolute atomic E-state index is 0.0484. The molecule has 1 fully saturated rings. The van der Waals surface area contributed by atoms with E-state index < -0.39 is 6.10 Å². The van der Waals surface area contributed by atoms with Crippen LogP contribution in [0.4, 0.5) is 0 Å². The van der Waals surface area contributed by atoms with Crippen LogP contribution in [-0.4, -0.2) is 17.6 Å². The summed E-state index contributed by atoms with van der Waals surface area (Å²) in [5.74, 6) is 0.817. The van der Waals surface area contributed by atoms with Crippen LogP contribution in [0.25, 0.3) is 0 Å². The number of carbonyl (C=O) groups excluding carboxylic acids is 1. The first-order valence-electron chi connectivity index (χ1n) is 7.91. The highest BCUT2D eigenvalue weighted by Gasteiger charge is 2.22. The molecule has 0 heterocycles. The molecule has 1 aliphatic rings. The third-order valence-corrected chi connectivity index (χ3v) is 4.13. The third-order valence-electron chi connectivity index (χ3n) is 4.13. The first-order chi connectivity index (χ1) is 9.86. The van der Waals surface area contributed by atoms with Gasteiger partial charge in [-0.15, -0.1) is 0 Å². The van der Waals surface area contributed by atoms with Crippen molar-refractivity contribution in [2.24, 2.45) is 5.92 Å². The summed E-state index contributed by atoms with van der Waals surface area (Å²) >= 11 is 0. The van der Waals surface area contributed by atoms with E-state index in [-0.39, 0.29) is 11.3 Å². The van der Waals surface area contributed by atoms with Crippen molar-refractivity contribution in [3.05, 3.63) is 35.4 Å². The Bertz CT molecular complexity index is 469. The van der Waals surface area contributed by atoms with Gasteiger partial charge in [-0.2, -0.15) is 0 Å². The van der Waals surface area contributed by atoms with Crippen LogP contribution in [-0.2, 0) is 10.2 Å². The molecule has 1 saturated carbocycles. The van der Waals surface area contributed by atoms with Gasteiger partial charge in [0.2, 0.25) is 5.91 Å². The predicted octanol–water partition coefficient (Wildman–Crippen LogP) is 3.32. The monoisotopic (exact) mass is 289 g/mol. The average molecular weight is 289 g/mol. The molecule has 2 rings (SSSR count). The largest absolute Gasteiger partial charge is 0.387 e. The van der Waals surface area contributed by atoms with Gasteiger partial charge in [-0.3, -0.25) is 4.79 Å². The van der Waals surface area contributed by atoms with Crippen molar-refractivity contribution in [2.45, 2.75) is 58.0 Å². The number of hydrogen-bond acceptors (Lipinski definition) is 2. The molecule has 21 heavy (non-hydrogen) atoms. The van der Waals surface area contributed by atoms with Crippen LogP contribution in [0.1, 0.15) is 63.7 Å². The van der Waals surface area contributed by atoms with Crippen molar-refractivity contribution < 1.29 is 9.90 Å². The molecule has 1 amide bonds. The SMILES string of the molecule is CC(C)(C)c1ccc(C(O)CNC(=O)CCC2CC2)cc1. The van der Waals surface area contributed by atoms with Crippen LogP contribution in [0.5, 0.6) is 0 Å². The summed E-state index contributed by atoms with van der Waals surface area (Å²) in [6.07, 6.45) is 3.48. The Labute approximate surface area is 127 Å². The smallest absolute Gasteiger partial charge is 0.220 e. The Balaban J connectivity index is 1.79. The molecule has 0 bridgehead atoms. The summed E-state index contributed by atoms with van der Waals surface area (Å²) in [5.41, 5.74) is 2.21. The number of nitrogens with one attached hydrogen (secondary N) is 1. The number of carbonyl (C=O) groups is 1. The van der Waals surface area contributed by atoms with Crippen LogP contribution in [0, 0.1) is 5.92 Å². The van der Waals surface area contributed by atoms with Crippen molar-refractivity contribution >= 4 is 5.91 Å². The van der Waals surface area contributed by atoms with E-state index in [4.69, 9.17) is 0 Å². The lowest BCUT2D eigenvalue weighted by molar-refractivity contribution is -0.121. The Morgan fingerprint density at radius 3 is 2.43 bits per heavy atom. The molecule has 3 heteroatoms. The number of aliphatic hydroxyl groups excluding tert-OH is 1. The van der Waals surface area contributed by atoms with E-state index in [1.54, 1.807) is 0 Å². The lowest BCUT2D eigenvalue weighted by Gasteiger charge is -2.20.